The second-order valence-corrected chi connectivity index (χ2v) is 11.3. The van der Waals surface area contributed by atoms with Crippen LogP contribution in [0.25, 0.3) is 11.3 Å². The first-order chi connectivity index (χ1) is 21.3. The van der Waals surface area contributed by atoms with Crippen molar-refractivity contribution in [1.29, 1.82) is 0 Å². The number of benzene rings is 1. The van der Waals surface area contributed by atoms with Gasteiger partial charge >= 0.3 is 0 Å². The van der Waals surface area contributed by atoms with Crippen molar-refractivity contribution < 1.29 is 0 Å². The van der Waals surface area contributed by atoms with Crippen LogP contribution in [0.3, 0.4) is 0 Å². The highest BCUT2D eigenvalue weighted by Crippen LogP contribution is 2.21. The maximum Gasteiger partial charge on any atom is 0.0705 e. The predicted molar refractivity (Wildman–Crippen MR) is 174 cm³/mol. The van der Waals surface area contributed by atoms with E-state index in [0.717, 1.165) is 108 Å². The van der Waals surface area contributed by atoms with Crippen LogP contribution in [0.4, 0.5) is 0 Å². The van der Waals surface area contributed by atoms with E-state index in [1.54, 1.807) is 0 Å². The van der Waals surface area contributed by atoms with Gasteiger partial charge in [0.15, 0.2) is 0 Å². The van der Waals surface area contributed by atoms with Crippen molar-refractivity contribution in [2.24, 2.45) is 0 Å². The van der Waals surface area contributed by atoms with Crippen LogP contribution in [0.1, 0.15) is 35.4 Å². The highest BCUT2D eigenvalue weighted by molar-refractivity contribution is 5.60. The van der Waals surface area contributed by atoms with E-state index in [1.165, 1.54) is 17.5 Å². The molecule has 0 bridgehead atoms. The van der Waals surface area contributed by atoms with Crippen LogP contribution in [0.15, 0.2) is 91.4 Å². The van der Waals surface area contributed by atoms with Crippen LogP contribution in [-0.2, 0) is 26.2 Å². The van der Waals surface area contributed by atoms with E-state index in [-0.39, 0.29) is 0 Å². The fourth-order valence-corrected chi connectivity index (χ4v) is 5.46. The SMILES string of the molecule is c1ccc(CN(Cc2ccnc(-c3ccc(CN4CCCNCCNCCCNCC4)cc3)c2)Cc2ccccn2)nc1. The molecule has 1 aliphatic heterocycles. The summed E-state index contributed by atoms with van der Waals surface area (Å²) in [5.74, 6) is 0. The zero-order valence-corrected chi connectivity index (χ0v) is 25.3. The zero-order chi connectivity index (χ0) is 29.4. The Balaban J connectivity index is 1.21. The molecule has 1 aliphatic rings. The second-order valence-electron chi connectivity index (χ2n) is 11.3. The minimum absolute atomic E-state index is 0.753. The van der Waals surface area contributed by atoms with Crippen LogP contribution in [0.5, 0.6) is 0 Å². The summed E-state index contributed by atoms with van der Waals surface area (Å²) in [6.07, 6.45) is 7.97. The summed E-state index contributed by atoms with van der Waals surface area (Å²) in [6, 6.07) is 25.5. The Morgan fingerprint density at radius 1 is 0.581 bits per heavy atom. The molecule has 0 spiro atoms. The number of hydrogen-bond acceptors (Lipinski definition) is 8. The molecule has 226 valence electrons. The first-order valence-corrected chi connectivity index (χ1v) is 15.7. The molecular formula is C35H46N8. The first kappa shape index (κ1) is 30.9. The molecule has 1 aromatic carbocycles. The molecule has 3 N–H and O–H groups in total. The van der Waals surface area contributed by atoms with Crippen molar-refractivity contribution in [3.63, 3.8) is 0 Å². The highest BCUT2D eigenvalue weighted by atomic mass is 15.1. The molecule has 8 heteroatoms. The minimum atomic E-state index is 0.753. The van der Waals surface area contributed by atoms with Gasteiger partial charge in [-0.3, -0.25) is 24.8 Å². The lowest BCUT2D eigenvalue weighted by Gasteiger charge is -2.23. The van der Waals surface area contributed by atoms with Gasteiger partial charge in [0.1, 0.15) is 0 Å². The molecule has 1 fully saturated rings. The van der Waals surface area contributed by atoms with Gasteiger partial charge in [-0.2, -0.15) is 0 Å². The van der Waals surface area contributed by atoms with E-state index in [9.17, 15) is 0 Å². The summed E-state index contributed by atoms with van der Waals surface area (Å²) in [5.41, 5.74) is 6.82. The first-order valence-electron chi connectivity index (χ1n) is 15.7. The Bertz CT molecular complexity index is 1260. The van der Waals surface area contributed by atoms with E-state index < -0.39 is 0 Å². The lowest BCUT2D eigenvalue weighted by Crippen LogP contribution is -2.36. The van der Waals surface area contributed by atoms with E-state index in [1.807, 2.05) is 42.9 Å². The third kappa shape index (κ3) is 10.9. The molecule has 0 atom stereocenters. The van der Waals surface area contributed by atoms with Crippen LogP contribution in [0.2, 0.25) is 0 Å². The Labute approximate surface area is 257 Å². The molecule has 1 saturated heterocycles. The third-order valence-electron chi connectivity index (χ3n) is 7.73. The average molecular weight is 579 g/mol. The predicted octanol–water partition coefficient (Wildman–Crippen LogP) is 4.11. The summed E-state index contributed by atoms with van der Waals surface area (Å²) in [4.78, 5) is 18.8. The lowest BCUT2D eigenvalue weighted by atomic mass is 10.1. The van der Waals surface area contributed by atoms with E-state index >= 15 is 0 Å². The molecular weight excluding hydrogens is 532 g/mol. The van der Waals surface area contributed by atoms with E-state index in [0.29, 0.717) is 0 Å². The molecule has 0 unspecified atom stereocenters. The molecule has 3 aromatic heterocycles. The van der Waals surface area contributed by atoms with Crippen molar-refractivity contribution >= 4 is 0 Å². The highest BCUT2D eigenvalue weighted by Gasteiger charge is 2.12. The molecule has 4 aromatic rings. The molecule has 43 heavy (non-hydrogen) atoms. The topological polar surface area (TPSA) is 81.2 Å². The monoisotopic (exact) mass is 578 g/mol. The summed E-state index contributed by atoms with van der Waals surface area (Å²) in [7, 11) is 0. The van der Waals surface area contributed by atoms with Crippen LogP contribution in [-0.4, -0.2) is 77.1 Å². The summed E-state index contributed by atoms with van der Waals surface area (Å²) in [6.45, 7) is 11.7. The molecule has 0 radical (unpaired) electrons. The number of rotatable bonds is 9. The van der Waals surface area contributed by atoms with Gasteiger partial charge in [0, 0.05) is 76.5 Å². The van der Waals surface area contributed by atoms with Crippen LogP contribution >= 0.6 is 0 Å². The molecule has 0 amide bonds. The smallest absolute Gasteiger partial charge is 0.0705 e. The van der Waals surface area contributed by atoms with Gasteiger partial charge < -0.3 is 16.0 Å². The third-order valence-corrected chi connectivity index (χ3v) is 7.73. The van der Waals surface area contributed by atoms with Gasteiger partial charge in [-0.1, -0.05) is 36.4 Å². The van der Waals surface area contributed by atoms with Crippen LogP contribution < -0.4 is 16.0 Å². The van der Waals surface area contributed by atoms with Gasteiger partial charge in [-0.25, -0.2) is 0 Å². The maximum absolute atomic E-state index is 4.73. The Morgan fingerprint density at radius 2 is 1.26 bits per heavy atom. The van der Waals surface area contributed by atoms with Crippen molar-refractivity contribution in [2.75, 3.05) is 52.4 Å². The van der Waals surface area contributed by atoms with Gasteiger partial charge in [-0.15, -0.1) is 0 Å². The number of nitrogens with zero attached hydrogens (tertiary/aromatic N) is 5. The zero-order valence-electron chi connectivity index (χ0n) is 25.3. The molecule has 5 rings (SSSR count). The maximum atomic E-state index is 4.73. The second kappa shape index (κ2) is 17.6. The van der Waals surface area contributed by atoms with Gasteiger partial charge in [0.05, 0.1) is 17.1 Å². The minimum Gasteiger partial charge on any atom is -0.315 e. The molecule has 4 heterocycles. The normalized spacial score (nSPS) is 16.1. The van der Waals surface area contributed by atoms with Crippen molar-refractivity contribution in [2.45, 2.75) is 39.0 Å². The number of pyridine rings is 3. The van der Waals surface area contributed by atoms with E-state index in [4.69, 9.17) is 4.98 Å². The largest absolute Gasteiger partial charge is 0.315 e. The Hall–Kier alpha value is -3.53. The summed E-state index contributed by atoms with van der Waals surface area (Å²) < 4.78 is 0. The fourth-order valence-electron chi connectivity index (χ4n) is 5.46. The van der Waals surface area contributed by atoms with Crippen molar-refractivity contribution in [1.82, 2.24) is 40.7 Å². The fraction of sp³-hybridized carbons (Fsp3) is 0.400. The number of hydrogen-bond donors (Lipinski definition) is 3. The van der Waals surface area contributed by atoms with Gasteiger partial charge in [0.2, 0.25) is 0 Å². The van der Waals surface area contributed by atoms with Crippen LogP contribution in [0, 0.1) is 0 Å². The standard InChI is InChI=1S/C35H46N8/c1-3-17-39-33(7-1)28-43(29-34-8-2-4-18-40-34)27-31-13-19-41-35(25-31)32-11-9-30(10-12-32)26-42-23-6-16-37-21-20-36-14-5-15-38-22-24-42/h1-4,7-13,17-19,25,36-38H,5-6,14-16,20-24,26-29H2. The summed E-state index contributed by atoms with van der Waals surface area (Å²) >= 11 is 0. The Morgan fingerprint density at radius 3 is 1.93 bits per heavy atom. The number of nitrogens with one attached hydrogen (secondary N) is 3. The lowest BCUT2D eigenvalue weighted by molar-refractivity contribution is 0.241. The molecule has 0 aliphatic carbocycles. The Kier molecular flexibility index (Phi) is 12.6. The quantitative estimate of drug-likeness (QED) is 0.274. The average Bonchev–Trinajstić information content (AvgIpc) is 3.04. The molecule has 0 saturated carbocycles. The van der Waals surface area contributed by atoms with Crippen molar-refractivity contribution in [3.05, 3.63) is 114 Å². The van der Waals surface area contributed by atoms with Gasteiger partial charge in [-0.05, 0) is 86.5 Å². The summed E-state index contributed by atoms with van der Waals surface area (Å²) in [5, 5.41) is 10.7. The van der Waals surface area contributed by atoms with Crippen molar-refractivity contribution in [3.8, 4) is 11.3 Å². The van der Waals surface area contributed by atoms with Gasteiger partial charge in [0.25, 0.3) is 0 Å². The molecule has 8 nitrogen and oxygen atoms in total. The number of aromatic nitrogens is 3. The van der Waals surface area contributed by atoms with E-state index in [2.05, 4.69) is 84.2 Å².